The number of aliphatic carboxylic acids is 1. The molecule has 0 saturated carbocycles. The first kappa shape index (κ1) is 40.1. The zero-order chi connectivity index (χ0) is 35.4. The number of carbonyl (C=O) groups is 4. The van der Waals surface area contributed by atoms with Crippen LogP contribution >= 0.6 is 0 Å². The van der Waals surface area contributed by atoms with Crippen molar-refractivity contribution in [3.8, 4) is 0 Å². The minimum atomic E-state index is -0.874. The van der Waals surface area contributed by atoms with Crippen LogP contribution in [0.3, 0.4) is 0 Å². The molecule has 0 unspecified atom stereocenters. The SMILES string of the molecule is CC(C)(C)OC(=O)CN1CCN(CC(=O)OC(C)(C)C)CCN(Cc2ccc(CC(=O)O)cc2)CCN(CC(=O)OC(C)(C)C)CC1. The van der Waals surface area contributed by atoms with Crippen molar-refractivity contribution in [2.45, 2.75) is 92.1 Å². The lowest BCUT2D eigenvalue weighted by Gasteiger charge is -2.34. The van der Waals surface area contributed by atoms with Crippen LogP contribution in [-0.4, -0.2) is 137 Å². The van der Waals surface area contributed by atoms with Gasteiger partial charge in [-0.05, 0) is 73.4 Å². The lowest BCUT2D eigenvalue weighted by molar-refractivity contribution is -0.158. The number of hydrogen-bond donors (Lipinski definition) is 1. The largest absolute Gasteiger partial charge is 0.481 e. The van der Waals surface area contributed by atoms with Crippen molar-refractivity contribution in [3.63, 3.8) is 0 Å². The smallest absolute Gasteiger partial charge is 0.320 e. The van der Waals surface area contributed by atoms with Gasteiger partial charge in [0.05, 0.1) is 26.1 Å². The van der Waals surface area contributed by atoms with Crippen molar-refractivity contribution < 1.29 is 38.5 Å². The van der Waals surface area contributed by atoms with E-state index in [0.29, 0.717) is 58.9 Å². The van der Waals surface area contributed by atoms with Crippen LogP contribution in [0.2, 0.25) is 0 Å². The van der Waals surface area contributed by atoms with E-state index in [1.54, 1.807) is 0 Å². The van der Waals surface area contributed by atoms with E-state index in [4.69, 9.17) is 19.3 Å². The van der Waals surface area contributed by atoms with E-state index in [1.807, 2.05) is 91.5 Å². The number of nitrogens with zero attached hydrogens (tertiary/aromatic N) is 4. The number of benzene rings is 1. The zero-order valence-electron chi connectivity index (χ0n) is 30.1. The van der Waals surface area contributed by atoms with Gasteiger partial charge in [-0.3, -0.25) is 38.8 Å². The fourth-order valence-electron chi connectivity index (χ4n) is 5.08. The Morgan fingerprint density at radius 2 is 0.809 bits per heavy atom. The van der Waals surface area contributed by atoms with Gasteiger partial charge in [-0.25, -0.2) is 0 Å². The van der Waals surface area contributed by atoms with Crippen LogP contribution in [-0.2, 0) is 46.4 Å². The Labute approximate surface area is 281 Å². The number of carboxylic acids is 1. The lowest BCUT2D eigenvalue weighted by atomic mass is 10.1. The van der Waals surface area contributed by atoms with Gasteiger partial charge in [0.2, 0.25) is 0 Å². The summed E-state index contributed by atoms with van der Waals surface area (Å²) in [5.74, 6) is -1.83. The predicted molar refractivity (Wildman–Crippen MR) is 180 cm³/mol. The first-order valence-corrected chi connectivity index (χ1v) is 16.5. The first-order chi connectivity index (χ1) is 21.7. The van der Waals surface area contributed by atoms with Gasteiger partial charge in [0.25, 0.3) is 0 Å². The van der Waals surface area contributed by atoms with Crippen LogP contribution in [0.1, 0.15) is 73.4 Å². The molecular formula is C35H58N4O8. The van der Waals surface area contributed by atoms with Crippen LogP contribution in [0.5, 0.6) is 0 Å². The van der Waals surface area contributed by atoms with Crippen LogP contribution in [0, 0.1) is 0 Å². The van der Waals surface area contributed by atoms with Gasteiger partial charge in [-0.2, -0.15) is 0 Å². The molecule has 1 heterocycles. The van der Waals surface area contributed by atoms with Crippen LogP contribution in [0.25, 0.3) is 0 Å². The van der Waals surface area contributed by atoms with E-state index >= 15 is 0 Å². The maximum atomic E-state index is 12.9. The summed E-state index contributed by atoms with van der Waals surface area (Å²) >= 11 is 0. The summed E-state index contributed by atoms with van der Waals surface area (Å²) in [4.78, 5) is 58.2. The van der Waals surface area contributed by atoms with Crippen molar-refractivity contribution in [2.24, 2.45) is 0 Å². The average Bonchev–Trinajstić information content (AvgIpc) is 2.87. The van der Waals surface area contributed by atoms with E-state index in [1.165, 1.54) is 0 Å². The molecular weight excluding hydrogens is 604 g/mol. The molecule has 0 amide bonds. The molecule has 1 fully saturated rings. The highest BCUT2D eigenvalue weighted by Crippen LogP contribution is 2.13. The molecule has 1 saturated heterocycles. The van der Waals surface area contributed by atoms with Crippen molar-refractivity contribution in [1.82, 2.24) is 19.6 Å². The van der Waals surface area contributed by atoms with Crippen molar-refractivity contribution in [1.29, 1.82) is 0 Å². The molecule has 0 radical (unpaired) electrons. The summed E-state index contributed by atoms with van der Waals surface area (Å²) in [7, 11) is 0. The second-order valence-corrected chi connectivity index (χ2v) is 15.3. The standard InChI is InChI=1S/C35H58N4O8/c1-33(2,3)45-30(42)24-37-16-14-36(23-28-12-10-27(11-13-28)22-29(40)41)15-17-38(25-31(43)46-34(4,5)6)19-21-39(20-18-37)26-32(44)47-35(7,8)9/h10-13H,14-26H2,1-9H3,(H,40,41). The van der Waals surface area contributed by atoms with Gasteiger partial charge in [0.15, 0.2) is 0 Å². The number of carboxylic acid groups (broad SMARTS) is 1. The lowest BCUT2D eigenvalue weighted by Crippen LogP contribution is -2.49. The third-order valence-electron chi connectivity index (χ3n) is 7.03. The summed E-state index contributed by atoms with van der Waals surface area (Å²) in [6.45, 7) is 21.9. The molecule has 12 nitrogen and oxygen atoms in total. The number of rotatable bonds is 10. The van der Waals surface area contributed by atoms with Gasteiger partial charge in [-0.15, -0.1) is 0 Å². The maximum absolute atomic E-state index is 12.9. The highest BCUT2D eigenvalue weighted by molar-refractivity contribution is 5.73. The second-order valence-electron chi connectivity index (χ2n) is 15.3. The van der Waals surface area contributed by atoms with Gasteiger partial charge >= 0.3 is 23.9 Å². The molecule has 47 heavy (non-hydrogen) atoms. The quantitative estimate of drug-likeness (QED) is 0.292. The Bertz CT molecular complexity index is 1120. The number of carbonyl (C=O) groups excluding carboxylic acids is 3. The van der Waals surface area contributed by atoms with Gasteiger partial charge in [-0.1, -0.05) is 24.3 Å². The van der Waals surface area contributed by atoms with Crippen molar-refractivity contribution in [2.75, 3.05) is 72.0 Å². The summed E-state index contributed by atoms with van der Waals surface area (Å²) in [5.41, 5.74) is -0.0641. The second kappa shape index (κ2) is 17.9. The molecule has 12 heteroatoms. The monoisotopic (exact) mass is 662 g/mol. The van der Waals surface area contributed by atoms with Crippen molar-refractivity contribution >= 4 is 23.9 Å². The topological polar surface area (TPSA) is 129 Å². The molecule has 0 spiro atoms. The highest BCUT2D eigenvalue weighted by atomic mass is 16.6. The molecule has 1 aromatic carbocycles. The van der Waals surface area contributed by atoms with E-state index in [0.717, 1.165) is 11.1 Å². The minimum absolute atomic E-state index is 0.0335. The van der Waals surface area contributed by atoms with Gasteiger partial charge < -0.3 is 19.3 Å². The molecule has 0 aromatic heterocycles. The highest BCUT2D eigenvalue weighted by Gasteiger charge is 2.25. The predicted octanol–water partition coefficient (Wildman–Crippen LogP) is 3.06. The summed E-state index contributed by atoms with van der Waals surface area (Å²) < 4.78 is 16.9. The molecule has 1 aliphatic heterocycles. The minimum Gasteiger partial charge on any atom is -0.481 e. The normalized spacial score (nSPS) is 17.3. The van der Waals surface area contributed by atoms with Gasteiger partial charge in [0, 0.05) is 58.9 Å². The molecule has 1 aromatic rings. The number of esters is 3. The number of hydrogen-bond acceptors (Lipinski definition) is 11. The van der Waals surface area contributed by atoms with Crippen LogP contribution < -0.4 is 0 Å². The average molecular weight is 663 g/mol. The molecule has 1 N–H and O–H groups in total. The zero-order valence-corrected chi connectivity index (χ0v) is 30.1. The van der Waals surface area contributed by atoms with Crippen LogP contribution in [0.15, 0.2) is 24.3 Å². The third kappa shape index (κ3) is 18.8. The summed E-state index contributed by atoms with van der Waals surface area (Å²) in [6.07, 6.45) is -0.0335. The Kier molecular flexibility index (Phi) is 15.3. The fraction of sp³-hybridized carbons (Fsp3) is 0.714. The molecule has 2 rings (SSSR count). The Hall–Kier alpha value is -3.06. The van der Waals surface area contributed by atoms with E-state index < -0.39 is 22.8 Å². The third-order valence-corrected chi connectivity index (χ3v) is 7.03. The summed E-state index contributed by atoms with van der Waals surface area (Å²) in [6, 6.07) is 7.56. The molecule has 0 atom stereocenters. The summed E-state index contributed by atoms with van der Waals surface area (Å²) in [5, 5.41) is 9.14. The first-order valence-electron chi connectivity index (χ1n) is 16.5. The molecule has 0 bridgehead atoms. The Balaban J connectivity index is 2.31. The Morgan fingerprint density at radius 1 is 0.532 bits per heavy atom. The van der Waals surface area contributed by atoms with E-state index in [-0.39, 0.29) is 44.0 Å². The fourth-order valence-corrected chi connectivity index (χ4v) is 5.08. The maximum Gasteiger partial charge on any atom is 0.320 e. The van der Waals surface area contributed by atoms with E-state index in [9.17, 15) is 19.2 Å². The molecule has 266 valence electrons. The molecule has 1 aliphatic rings. The van der Waals surface area contributed by atoms with Gasteiger partial charge in [0.1, 0.15) is 16.8 Å². The Morgan fingerprint density at radius 3 is 1.09 bits per heavy atom. The van der Waals surface area contributed by atoms with E-state index in [2.05, 4.69) is 14.7 Å². The number of ether oxygens (including phenoxy) is 3. The molecule has 0 aliphatic carbocycles. The van der Waals surface area contributed by atoms with Crippen LogP contribution in [0.4, 0.5) is 0 Å². The van der Waals surface area contributed by atoms with Crippen molar-refractivity contribution in [3.05, 3.63) is 35.4 Å².